The lowest BCUT2D eigenvalue weighted by Gasteiger charge is -2.13. The molecule has 1 fully saturated rings. The van der Waals surface area contributed by atoms with Gasteiger partial charge >= 0.3 is 6.08 Å². The van der Waals surface area contributed by atoms with Crippen LogP contribution in [-0.4, -0.2) is 38.1 Å². The second kappa shape index (κ2) is 6.53. The van der Waals surface area contributed by atoms with Crippen LogP contribution in [0, 0.1) is 6.08 Å². The maximum atomic E-state index is 14.2. The van der Waals surface area contributed by atoms with Crippen molar-refractivity contribution in [3.8, 4) is 0 Å². The van der Waals surface area contributed by atoms with E-state index in [2.05, 4.69) is 10.1 Å². The van der Waals surface area contributed by atoms with E-state index < -0.39 is 30.6 Å². The van der Waals surface area contributed by atoms with Gasteiger partial charge in [-0.3, -0.25) is 0 Å². The highest BCUT2D eigenvalue weighted by Crippen LogP contribution is 2.37. The lowest BCUT2D eigenvalue weighted by Crippen LogP contribution is -2.27. The van der Waals surface area contributed by atoms with Crippen LogP contribution in [0.3, 0.4) is 0 Å². The number of anilines is 1. The van der Waals surface area contributed by atoms with Crippen LogP contribution in [-0.2, 0) is 4.74 Å². The van der Waals surface area contributed by atoms with Crippen LogP contribution in [0.2, 0.25) is 0 Å². The van der Waals surface area contributed by atoms with Gasteiger partial charge in [-0.05, 0) is 18.6 Å². The van der Waals surface area contributed by atoms with Gasteiger partial charge in [-0.1, -0.05) is 20.8 Å². The summed E-state index contributed by atoms with van der Waals surface area (Å²) in [5.41, 5.74) is 6.26. The van der Waals surface area contributed by atoms with Crippen molar-refractivity contribution in [3.05, 3.63) is 23.9 Å². The van der Waals surface area contributed by atoms with Gasteiger partial charge in [0, 0.05) is 0 Å². The minimum absolute atomic E-state index is 0.0373. The zero-order valence-corrected chi connectivity index (χ0v) is 12.7. The normalized spacial score (nSPS) is 27.7. The number of nitrogens with zero attached hydrogens (tertiary/aromatic N) is 3. The smallest absolute Gasteiger partial charge is 0.327 e. The Balaban J connectivity index is 0.000000847. The van der Waals surface area contributed by atoms with E-state index in [-0.39, 0.29) is 5.82 Å². The van der Waals surface area contributed by atoms with Crippen LogP contribution in [0.5, 0.6) is 0 Å². The molecule has 0 radical (unpaired) electrons. The molecule has 22 heavy (non-hydrogen) atoms. The first-order chi connectivity index (χ1) is 10.5. The highest BCUT2D eigenvalue weighted by molar-refractivity contribution is 5.65. The van der Waals surface area contributed by atoms with Crippen molar-refractivity contribution >= 4 is 11.3 Å². The topological polar surface area (TPSA) is 85.7 Å². The number of nitrogen functional groups attached to an aromatic ring is 1. The van der Waals surface area contributed by atoms with Gasteiger partial charge in [0.1, 0.15) is 17.7 Å². The molecule has 2 aromatic rings. The fourth-order valence-corrected chi connectivity index (χ4v) is 2.53. The third kappa shape index (κ3) is 2.64. The summed E-state index contributed by atoms with van der Waals surface area (Å²) >= 11 is 0. The van der Waals surface area contributed by atoms with E-state index in [1.54, 1.807) is 19.1 Å². The molecule has 1 aliphatic heterocycles. The minimum Gasteiger partial charge on any atom is -0.387 e. The molecule has 1 aliphatic rings. The van der Waals surface area contributed by atoms with Crippen molar-refractivity contribution in [1.82, 2.24) is 14.6 Å². The number of halogens is 2. The number of hydrogen-bond donors (Lipinski definition) is 2. The van der Waals surface area contributed by atoms with Gasteiger partial charge in [-0.2, -0.15) is 9.37 Å². The number of rotatable bonds is 2. The maximum absolute atomic E-state index is 14.2. The molecule has 3 heterocycles. The number of aliphatic hydroxyl groups excluding tert-OH is 1. The Kier molecular flexibility index (Phi) is 4.92. The molecule has 6 nitrogen and oxygen atoms in total. The van der Waals surface area contributed by atoms with E-state index in [9.17, 15) is 13.9 Å². The molecule has 3 rings (SSSR count). The zero-order valence-electron chi connectivity index (χ0n) is 12.7. The fourth-order valence-electron chi connectivity index (χ4n) is 2.53. The molecule has 0 saturated carbocycles. The van der Waals surface area contributed by atoms with Gasteiger partial charge in [0.25, 0.3) is 0 Å². The summed E-state index contributed by atoms with van der Waals surface area (Å²) in [4.78, 5) is 3.40. The molecule has 3 N–H and O–H groups in total. The molecule has 0 bridgehead atoms. The van der Waals surface area contributed by atoms with Gasteiger partial charge in [0.15, 0.2) is 12.0 Å². The summed E-state index contributed by atoms with van der Waals surface area (Å²) in [5.74, 6) is -0.0373. The van der Waals surface area contributed by atoms with E-state index in [1.165, 1.54) is 4.52 Å². The second-order valence-corrected chi connectivity index (χ2v) is 4.76. The summed E-state index contributed by atoms with van der Waals surface area (Å²) in [7, 11) is 0. The minimum atomic E-state index is -1.60. The monoisotopic (exact) mass is 314 g/mol. The lowest BCUT2D eigenvalue weighted by atomic mass is 10.1. The molecule has 2 aromatic heterocycles. The van der Waals surface area contributed by atoms with Crippen LogP contribution in [0.1, 0.15) is 39.0 Å². The number of fused-ring (bicyclic) bond motifs is 1. The zero-order chi connectivity index (χ0) is 16.4. The molecular weight excluding hydrogens is 294 g/mol. The van der Waals surface area contributed by atoms with Crippen LogP contribution in [0.15, 0.2) is 12.1 Å². The Morgan fingerprint density at radius 1 is 1.41 bits per heavy atom. The Morgan fingerprint density at radius 3 is 2.68 bits per heavy atom. The maximum Gasteiger partial charge on any atom is 0.327 e. The van der Waals surface area contributed by atoms with Crippen molar-refractivity contribution in [2.45, 2.75) is 51.7 Å². The Labute approximate surface area is 126 Å². The molecule has 1 saturated heterocycles. The van der Waals surface area contributed by atoms with Gasteiger partial charge in [0.05, 0.1) is 11.8 Å². The van der Waals surface area contributed by atoms with Crippen molar-refractivity contribution < 1.29 is 18.6 Å². The second-order valence-electron chi connectivity index (χ2n) is 4.76. The van der Waals surface area contributed by atoms with Crippen LogP contribution in [0.4, 0.5) is 14.6 Å². The largest absolute Gasteiger partial charge is 0.387 e. The van der Waals surface area contributed by atoms with Crippen LogP contribution >= 0.6 is 0 Å². The molecule has 0 spiro atoms. The van der Waals surface area contributed by atoms with Gasteiger partial charge in [0.2, 0.25) is 0 Å². The molecule has 0 aromatic carbocycles. The quantitative estimate of drug-likeness (QED) is 0.886. The van der Waals surface area contributed by atoms with E-state index in [0.29, 0.717) is 17.6 Å². The third-order valence-electron chi connectivity index (χ3n) is 3.55. The molecule has 8 heteroatoms. The van der Waals surface area contributed by atoms with Crippen molar-refractivity contribution in [2.75, 3.05) is 5.73 Å². The average Bonchev–Trinajstić information content (AvgIpc) is 3.04. The number of aliphatic hydroxyl groups is 1. The van der Waals surface area contributed by atoms with Crippen LogP contribution in [0.25, 0.3) is 5.52 Å². The first-order valence-electron chi connectivity index (χ1n) is 7.31. The molecule has 122 valence electrons. The Bertz CT molecular complexity index is 649. The average molecular weight is 314 g/mol. The number of alkyl halides is 1. The SMILES string of the molecule is CC.CCC1OC(c2ccc3c(N)nc(F)nn23)[C@H](F)[C@@H]1O. The first-order valence-corrected chi connectivity index (χ1v) is 7.31. The molecule has 4 atom stereocenters. The molecule has 0 aliphatic carbocycles. The summed E-state index contributed by atoms with van der Waals surface area (Å²) in [6, 6.07) is 3.10. The summed E-state index contributed by atoms with van der Waals surface area (Å²) in [6.07, 6.45) is -4.94. The van der Waals surface area contributed by atoms with Gasteiger partial charge in [-0.15, -0.1) is 5.10 Å². The van der Waals surface area contributed by atoms with Crippen molar-refractivity contribution in [2.24, 2.45) is 0 Å². The van der Waals surface area contributed by atoms with E-state index >= 15 is 0 Å². The number of ether oxygens (including phenoxy) is 1. The highest BCUT2D eigenvalue weighted by Gasteiger charge is 2.45. The Hall–Kier alpha value is -1.80. The summed E-state index contributed by atoms with van der Waals surface area (Å²) in [6.45, 7) is 5.79. The molecular formula is C14H20F2N4O2. The van der Waals surface area contributed by atoms with Crippen molar-refractivity contribution in [1.29, 1.82) is 0 Å². The molecule has 0 amide bonds. The first kappa shape index (κ1) is 16.6. The number of hydrogen-bond acceptors (Lipinski definition) is 5. The van der Waals surface area contributed by atoms with E-state index in [1.807, 2.05) is 13.8 Å². The van der Waals surface area contributed by atoms with Gasteiger partial charge in [-0.25, -0.2) is 8.91 Å². The van der Waals surface area contributed by atoms with Crippen LogP contribution < -0.4 is 5.73 Å². The fraction of sp³-hybridized carbons (Fsp3) is 0.571. The lowest BCUT2D eigenvalue weighted by molar-refractivity contribution is 0.00530. The summed E-state index contributed by atoms with van der Waals surface area (Å²) < 4.78 is 34.1. The van der Waals surface area contributed by atoms with E-state index in [4.69, 9.17) is 10.5 Å². The third-order valence-corrected chi connectivity index (χ3v) is 3.55. The summed E-state index contributed by atoms with van der Waals surface area (Å²) in [5, 5.41) is 13.3. The highest BCUT2D eigenvalue weighted by atomic mass is 19.1. The molecule has 2 unspecified atom stereocenters. The number of nitrogens with two attached hydrogens (primary N) is 1. The van der Waals surface area contributed by atoms with Gasteiger partial charge < -0.3 is 15.6 Å². The number of aromatic nitrogens is 3. The van der Waals surface area contributed by atoms with Crippen molar-refractivity contribution in [3.63, 3.8) is 0 Å². The Morgan fingerprint density at radius 2 is 2.09 bits per heavy atom. The standard InChI is InChI=1S/C12H14F2N4O2.C2H6/c1-2-7-9(19)8(13)10(20-7)5-3-4-6-11(15)16-12(14)17-18(5)6;1-2/h3-4,7-10,19H,2H2,1H3,(H2,15,16,17);1-2H3/t7?,8-,9-,10?;/m1./s1. The predicted octanol–water partition coefficient (Wildman–Crippen LogP) is 2.03. The predicted molar refractivity (Wildman–Crippen MR) is 77.5 cm³/mol. The van der Waals surface area contributed by atoms with E-state index in [0.717, 1.165) is 0 Å².